The first-order valence-electron chi connectivity index (χ1n) is 7.85. The van der Waals surface area contributed by atoms with Crippen LogP contribution in [-0.4, -0.2) is 53.9 Å². The molecule has 0 aliphatic carbocycles. The van der Waals surface area contributed by atoms with E-state index in [0.717, 1.165) is 12.5 Å². The van der Waals surface area contributed by atoms with Gasteiger partial charge in [0.1, 0.15) is 10.7 Å². The van der Waals surface area contributed by atoms with Crippen molar-refractivity contribution in [2.24, 2.45) is 0 Å². The Hall–Kier alpha value is -2.33. The summed E-state index contributed by atoms with van der Waals surface area (Å²) in [5.41, 5.74) is 0. The van der Waals surface area contributed by atoms with E-state index in [0.29, 0.717) is 13.1 Å². The van der Waals surface area contributed by atoms with Gasteiger partial charge >= 0.3 is 0 Å². The Labute approximate surface area is 144 Å². The molecule has 2 aromatic rings. The summed E-state index contributed by atoms with van der Waals surface area (Å²) < 4.78 is 41.7. The maximum Gasteiger partial charge on any atom is 0.243 e. The van der Waals surface area contributed by atoms with Crippen LogP contribution >= 0.6 is 0 Å². The van der Waals surface area contributed by atoms with Crippen LogP contribution in [0.3, 0.4) is 0 Å². The summed E-state index contributed by atoms with van der Waals surface area (Å²) in [6.45, 7) is 1.02. The van der Waals surface area contributed by atoms with E-state index in [-0.39, 0.29) is 24.9 Å². The number of likely N-dealkylation sites (tertiary alicyclic amines) is 1. The molecule has 1 fully saturated rings. The van der Waals surface area contributed by atoms with Gasteiger partial charge in [-0.3, -0.25) is 4.79 Å². The maximum absolute atomic E-state index is 13.6. The Bertz CT molecular complexity index is 841. The van der Waals surface area contributed by atoms with E-state index in [1.807, 2.05) is 0 Å². The molecule has 0 spiro atoms. The molecule has 1 atom stereocenters. The lowest BCUT2D eigenvalue weighted by molar-refractivity contribution is -0.130. The molecule has 10 heteroatoms. The molecule has 0 saturated carbocycles. The zero-order chi connectivity index (χ0) is 17.9. The summed E-state index contributed by atoms with van der Waals surface area (Å²) in [6, 6.07) is 5.20. The lowest BCUT2D eigenvalue weighted by atomic mass is 10.3. The normalized spacial score (nSPS) is 17.8. The molecule has 8 nitrogen and oxygen atoms in total. The second kappa shape index (κ2) is 7.28. The van der Waals surface area contributed by atoms with Gasteiger partial charge in [0.2, 0.25) is 15.9 Å². The minimum atomic E-state index is -3.97. The third-order valence-electron chi connectivity index (χ3n) is 4.09. The van der Waals surface area contributed by atoms with Gasteiger partial charge in [0.05, 0.1) is 12.2 Å². The molecule has 1 aromatic heterocycles. The molecule has 1 aliphatic rings. The first kappa shape index (κ1) is 17.5. The van der Waals surface area contributed by atoms with Crippen molar-refractivity contribution in [1.82, 2.24) is 24.6 Å². The highest BCUT2D eigenvalue weighted by Crippen LogP contribution is 2.20. The zero-order valence-electron chi connectivity index (χ0n) is 13.4. The number of hydrogen-bond donors (Lipinski definition) is 1. The molecular formula is C15H18FN5O3S. The van der Waals surface area contributed by atoms with E-state index < -0.39 is 20.7 Å². The summed E-state index contributed by atoms with van der Waals surface area (Å²) >= 11 is 0. The third kappa shape index (κ3) is 4.02. The number of carbonyl (C=O) groups excluding carboxylic acids is 1. The predicted octanol–water partition coefficient (Wildman–Crippen LogP) is 0.559. The largest absolute Gasteiger partial charge is 0.340 e. The average Bonchev–Trinajstić information content (AvgIpc) is 3.26. The van der Waals surface area contributed by atoms with Crippen molar-refractivity contribution >= 4 is 15.9 Å². The van der Waals surface area contributed by atoms with Crippen LogP contribution in [0.1, 0.15) is 18.9 Å². The second-order valence-corrected chi connectivity index (χ2v) is 7.48. The fourth-order valence-corrected chi connectivity index (χ4v) is 3.90. The summed E-state index contributed by atoms with van der Waals surface area (Å²) in [4.78, 5) is 13.5. The summed E-state index contributed by atoms with van der Waals surface area (Å²) in [6.07, 6.45) is 4.12. The number of amides is 1. The Morgan fingerprint density at radius 1 is 1.36 bits per heavy atom. The first-order valence-corrected chi connectivity index (χ1v) is 9.33. The van der Waals surface area contributed by atoms with Gasteiger partial charge in [-0.25, -0.2) is 22.2 Å². The van der Waals surface area contributed by atoms with Crippen LogP contribution in [0.5, 0.6) is 0 Å². The fraction of sp³-hybridized carbons (Fsp3) is 0.400. The molecule has 1 unspecified atom stereocenters. The van der Waals surface area contributed by atoms with Crippen LogP contribution in [0.4, 0.5) is 4.39 Å². The molecule has 1 saturated heterocycles. The summed E-state index contributed by atoms with van der Waals surface area (Å²) in [5.74, 6) is -0.976. The van der Waals surface area contributed by atoms with E-state index >= 15 is 0 Å². The summed E-state index contributed by atoms with van der Waals surface area (Å²) in [7, 11) is -3.97. The van der Waals surface area contributed by atoms with Gasteiger partial charge in [-0.15, -0.1) is 5.10 Å². The van der Waals surface area contributed by atoms with Crippen molar-refractivity contribution in [2.45, 2.75) is 23.8 Å². The number of nitrogens with one attached hydrogen (secondary N) is 1. The Balaban J connectivity index is 1.51. The molecule has 1 aliphatic heterocycles. The lowest BCUT2D eigenvalue weighted by Crippen LogP contribution is -2.33. The molecule has 1 aromatic carbocycles. The molecule has 0 bridgehead atoms. The van der Waals surface area contributed by atoms with Gasteiger partial charge in [0.15, 0.2) is 0 Å². The van der Waals surface area contributed by atoms with Crippen molar-refractivity contribution in [2.75, 3.05) is 19.6 Å². The van der Waals surface area contributed by atoms with Crippen LogP contribution in [0.15, 0.2) is 41.6 Å². The number of benzene rings is 1. The highest BCUT2D eigenvalue weighted by molar-refractivity contribution is 7.89. The monoisotopic (exact) mass is 367 g/mol. The van der Waals surface area contributed by atoms with Crippen molar-refractivity contribution in [3.8, 4) is 0 Å². The molecule has 134 valence electrons. The lowest BCUT2D eigenvalue weighted by Gasteiger charge is -2.16. The van der Waals surface area contributed by atoms with Crippen LogP contribution < -0.4 is 4.72 Å². The highest BCUT2D eigenvalue weighted by Gasteiger charge is 2.28. The zero-order valence-corrected chi connectivity index (χ0v) is 14.2. The Kier molecular flexibility index (Phi) is 5.09. The quantitative estimate of drug-likeness (QED) is 0.805. The van der Waals surface area contributed by atoms with Gasteiger partial charge < -0.3 is 4.90 Å². The minimum absolute atomic E-state index is 0.0117. The number of nitrogens with zero attached hydrogens (tertiary/aromatic N) is 4. The van der Waals surface area contributed by atoms with E-state index in [9.17, 15) is 17.6 Å². The van der Waals surface area contributed by atoms with Gasteiger partial charge in [-0.1, -0.05) is 17.3 Å². The van der Waals surface area contributed by atoms with Crippen LogP contribution in [0.25, 0.3) is 0 Å². The topological polar surface area (TPSA) is 97.2 Å². The number of aromatic nitrogens is 3. The van der Waals surface area contributed by atoms with Crippen LogP contribution in [0.2, 0.25) is 0 Å². The van der Waals surface area contributed by atoms with Crippen molar-refractivity contribution in [1.29, 1.82) is 0 Å². The minimum Gasteiger partial charge on any atom is -0.340 e. The molecule has 25 heavy (non-hydrogen) atoms. The van der Waals surface area contributed by atoms with E-state index in [1.54, 1.807) is 22.0 Å². The van der Waals surface area contributed by atoms with E-state index in [2.05, 4.69) is 15.0 Å². The van der Waals surface area contributed by atoms with Crippen LogP contribution in [-0.2, 0) is 14.8 Å². The first-order chi connectivity index (χ1) is 12.0. The molecule has 2 heterocycles. The fourth-order valence-electron chi connectivity index (χ4n) is 2.79. The molecule has 1 N–H and O–H groups in total. The number of halogens is 1. The Morgan fingerprint density at radius 2 is 2.16 bits per heavy atom. The SMILES string of the molecule is O=C(CCNS(=O)(=O)c1ccccc1F)N1CCC(n2ccnn2)C1. The van der Waals surface area contributed by atoms with Crippen molar-refractivity contribution in [3.05, 3.63) is 42.5 Å². The van der Waals surface area contributed by atoms with Crippen molar-refractivity contribution in [3.63, 3.8) is 0 Å². The standard InChI is InChI=1S/C15H18FN5O3S/c16-13-3-1-2-4-14(13)25(23,24)18-7-5-15(22)20-9-6-12(11-20)21-10-8-17-19-21/h1-4,8,10,12,18H,5-7,9,11H2. The number of rotatable bonds is 6. The predicted molar refractivity (Wildman–Crippen MR) is 86.5 cm³/mol. The van der Waals surface area contributed by atoms with E-state index in [4.69, 9.17) is 0 Å². The Morgan fingerprint density at radius 3 is 2.88 bits per heavy atom. The number of carbonyl (C=O) groups is 1. The van der Waals surface area contributed by atoms with Crippen LogP contribution in [0, 0.1) is 5.82 Å². The molecule has 0 radical (unpaired) electrons. The van der Waals surface area contributed by atoms with Crippen molar-refractivity contribution < 1.29 is 17.6 Å². The molecular weight excluding hydrogens is 349 g/mol. The smallest absolute Gasteiger partial charge is 0.243 e. The number of hydrogen-bond acceptors (Lipinski definition) is 5. The number of sulfonamides is 1. The third-order valence-corrected chi connectivity index (χ3v) is 5.58. The van der Waals surface area contributed by atoms with Gasteiger partial charge in [-0.2, -0.15) is 0 Å². The van der Waals surface area contributed by atoms with Gasteiger partial charge in [0, 0.05) is 32.3 Å². The average molecular weight is 367 g/mol. The maximum atomic E-state index is 13.6. The molecule has 1 amide bonds. The van der Waals surface area contributed by atoms with Gasteiger partial charge in [-0.05, 0) is 18.6 Å². The van der Waals surface area contributed by atoms with Gasteiger partial charge in [0.25, 0.3) is 0 Å². The highest BCUT2D eigenvalue weighted by atomic mass is 32.2. The molecule has 3 rings (SSSR count). The second-order valence-electron chi connectivity index (χ2n) is 5.74. The van der Waals surface area contributed by atoms with E-state index in [1.165, 1.54) is 18.2 Å². The summed E-state index contributed by atoms with van der Waals surface area (Å²) in [5, 5.41) is 7.68.